The van der Waals surface area contributed by atoms with Gasteiger partial charge in [-0.25, -0.2) is 4.48 Å². The Morgan fingerprint density at radius 2 is 1.97 bits per heavy atom. The number of hydrogen-bond acceptors (Lipinski definition) is 3. The molecule has 2 spiro atoms. The molecule has 1 aromatic heterocycles. The van der Waals surface area contributed by atoms with Gasteiger partial charge in [-0.1, -0.05) is 41.5 Å². The summed E-state index contributed by atoms with van der Waals surface area (Å²) in [6.07, 6.45) is 8.58. The number of carbonyl (C=O) groups is 1. The van der Waals surface area contributed by atoms with E-state index in [0.29, 0.717) is 4.48 Å². The molecular weight excluding hydrogens is 529 g/mol. The number of thiazole rings is 1. The molecule has 0 radical (unpaired) electrons. The first-order valence-corrected chi connectivity index (χ1v) is 14.9. The fourth-order valence-electron chi connectivity index (χ4n) is 6.15. The number of quaternary nitrogens is 1. The van der Waals surface area contributed by atoms with Crippen molar-refractivity contribution >= 4 is 74.2 Å². The van der Waals surface area contributed by atoms with E-state index in [1.165, 1.54) is 25.3 Å². The zero-order chi connectivity index (χ0) is 25.2. The van der Waals surface area contributed by atoms with Gasteiger partial charge in [0.25, 0.3) is 10.7 Å². The van der Waals surface area contributed by atoms with E-state index >= 15 is 0 Å². The fourth-order valence-corrected chi connectivity index (χ4v) is 9.05. The topological polar surface area (TPSA) is 24.0 Å². The van der Waals surface area contributed by atoms with Crippen LogP contribution in [0.15, 0.2) is 58.0 Å². The third-order valence-electron chi connectivity index (χ3n) is 7.78. The first-order valence-electron chi connectivity index (χ1n) is 12.5. The molecule has 1 amide bonds. The highest BCUT2D eigenvalue weighted by Gasteiger charge is 2.79. The molecule has 3 aromatic rings. The SMILES string of the molecule is CCCN1C(=O)C12CCCC[N+]21C(=CC(C)=Cc2sc3ccc(Cl)cc3[n+]2C)Sc2ccc(Cl)cc21. The van der Waals surface area contributed by atoms with Crippen molar-refractivity contribution in [2.24, 2.45) is 7.05 Å². The Morgan fingerprint density at radius 3 is 2.78 bits per heavy atom. The molecule has 0 saturated carbocycles. The van der Waals surface area contributed by atoms with Crippen LogP contribution in [0.25, 0.3) is 16.3 Å². The molecule has 3 aliphatic heterocycles. The molecule has 8 heteroatoms. The normalized spacial score (nSPS) is 26.6. The zero-order valence-corrected chi connectivity index (χ0v) is 23.8. The maximum absolute atomic E-state index is 13.5. The van der Waals surface area contributed by atoms with Crippen LogP contribution in [0.1, 0.15) is 44.5 Å². The van der Waals surface area contributed by atoms with E-state index in [1.54, 1.807) is 23.1 Å². The van der Waals surface area contributed by atoms with E-state index in [-0.39, 0.29) is 5.91 Å². The molecule has 36 heavy (non-hydrogen) atoms. The first-order chi connectivity index (χ1) is 17.3. The van der Waals surface area contributed by atoms with Crippen LogP contribution in [0.5, 0.6) is 0 Å². The predicted octanol–water partition coefficient (Wildman–Crippen LogP) is 7.52. The molecule has 2 fully saturated rings. The molecule has 2 atom stereocenters. The van der Waals surface area contributed by atoms with Crippen molar-refractivity contribution in [2.75, 3.05) is 13.1 Å². The number of carbonyl (C=O) groups excluding carboxylic acids is 1. The van der Waals surface area contributed by atoms with Gasteiger partial charge >= 0.3 is 5.91 Å². The Balaban J connectivity index is 1.49. The van der Waals surface area contributed by atoms with Gasteiger partial charge in [0.1, 0.15) is 11.7 Å². The molecule has 0 aliphatic carbocycles. The van der Waals surface area contributed by atoms with Crippen LogP contribution >= 0.6 is 46.3 Å². The van der Waals surface area contributed by atoms with Crippen LogP contribution in [-0.4, -0.2) is 29.6 Å². The van der Waals surface area contributed by atoms with Crippen molar-refractivity contribution in [1.82, 2.24) is 9.38 Å². The molecule has 3 aliphatic rings. The summed E-state index contributed by atoms with van der Waals surface area (Å²) in [5.74, 6) is 0.290. The number of thioether (sulfide) groups is 1. The zero-order valence-electron chi connectivity index (χ0n) is 20.7. The van der Waals surface area contributed by atoms with Gasteiger partial charge in [0.05, 0.1) is 11.4 Å². The van der Waals surface area contributed by atoms with Crippen molar-refractivity contribution < 1.29 is 9.36 Å². The van der Waals surface area contributed by atoms with Gasteiger partial charge in [-0.3, -0.25) is 9.69 Å². The van der Waals surface area contributed by atoms with Gasteiger partial charge in [-0.2, -0.15) is 4.57 Å². The number of amides is 1. The monoisotopic (exact) mass is 557 g/mol. The van der Waals surface area contributed by atoms with Crippen LogP contribution in [0.4, 0.5) is 5.69 Å². The molecule has 4 heterocycles. The number of hydrogen-bond donors (Lipinski definition) is 0. The molecule has 0 bridgehead atoms. The highest BCUT2D eigenvalue weighted by molar-refractivity contribution is 8.03. The van der Waals surface area contributed by atoms with Gasteiger partial charge < -0.3 is 0 Å². The number of aryl methyl sites for hydroxylation is 1. The Morgan fingerprint density at radius 1 is 1.19 bits per heavy atom. The van der Waals surface area contributed by atoms with Gasteiger partial charge in [0, 0.05) is 47.3 Å². The molecule has 2 aromatic carbocycles. The summed E-state index contributed by atoms with van der Waals surface area (Å²) < 4.78 is 4.00. The molecule has 0 N–H and O–H groups in total. The van der Waals surface area contributed by atoms with Crippen LogP contribution in [0, 0.1) is 0 Å². The van der Waals surface area contributed by atoms with E-state index in [1.807, 2.05) is 18.2 Å². The summed E-state index contributed by atoms with van der Waals surface area (Å²) in [6, 6.07) is 12.2. The van der Waals surface area contributed by atoms with Crippen molar-refractivity contribution in [2.45, 2.75) is 50.1 Å². The lowest BCUT2D eigenvalue weighted by molar-refractivity contribution is -0.642. The lowest BCUT2D eigenvalue weighted by atomic mass is 9.96. The van der Waals surface area contributed by atoms with E-state index < -0.39 is 5.66 Å². The summed E-state index contributed by atoms with van der Waals surface area (Å²) >= 11 is 16.4. The second-order valence-corrected chi connectivity index (χ2v) is 13.0. The average molecular weight is 559 g/mol. The van der Waals surface area contributed by atoms with Gasteiger partial charge in [-0.15, -0.1) is 0 Å². The van der Waals surface area contributed by atoms with E-state index in [4.69, 9.17) is 23.2 Å². The summed E-state index contributed by atoms with van der Waals surface area (Å²) in [6.45, 7) is 6.03. The third-order valence-corrected chi connectivity index (χ3v) is 10.6. The minimum absolute atomic E-state index is 0.290. The van der Waals surface area contributed by atoms with Gasteiger partial charge in [0.15, 0.2) is 10.7 Å². The van der Waals surface area contributed by atoms with Crippen LogP contribution in [0.2, 0.25) is 10.0 Å². The van der Waals surface area contributed by atoms with Gasteiger partial charge in [0.2, 0.25) is 5.52 Å². The van der Waals surface area contributed by atoms with Crippen LogP contribution in [0.3, 0.4) is 0 Å². The van der Waals surface area contributed by atoms with Crippen molar-refractivity contribution in [3.63, 3.8) is 0 Å². The molecule has 2 saturated heterocycles. The van der Waals surface area contributed by atoms with Crippen molar-refractivity contribution in [3.8, 4) is 0 Å². The number of nitrogens with zero attached hydrogens (tertiary/aromatic N) is 3. The molecule has 6 rings (SSSR count). The van der Waals surface area contributed by atoms with E-state index in [9.17, 15) is 4.79 Å². The first kappa shape index (κ1) is 24.5. The average Bonchev–Trinajstić information content (AvgIpc) is 3.11. The lowest BCUT2D eigenvalue weighted by Crippen LogP contribution is -2.61. The molecule has 4 nitrogen and oxygen atoms in total. The quantitative estimate of drug-likeness (QED) is 0.188. The maximum Gasteiger partial charge on any atom is 0.312 e. The Bertz CT molecular complexity index is 1480. The number of fused-ring (bicyclic) bond motifs is 4. The number of piperidine rings is 1. The second kappa shape index (κ2) is 8.88. The minimum atomic E-state index is -0.498. The van der Waals surface area contributed by atoms with E-state index in [2.05, 4.69) is 60.7 Å². The fraction of sp³-hybridized carbons (Fsp3) is 0.357. The molecular formula is C28H29Cl2N3OS2+2. The summed E-state index contributed by atoms with van der Waals surface area (Å²) in [4.78, 5) is 16.9. The Hall–Kier alpha value is -1.83. The Labute approximate surface area is 230 Å². The summed E-state index contributed by atoms with van der Waals surface area (Å²) in [5, 5.41) is 3.86. The maximum atomic E-state index is 13.5. The number of allylic oxidation sites excluding steroid dienone is 2. The van der Waals surface area contributed by atoms with Crippen molar-refractivity contribution in [1.29, 1.82) is 0 Å². The lowest BCUT2D eigenvalue weighted by Gasteiger charge is -2.43. The third kappa shape index (κ3) is 3.45. The van der Waals surface area contributed by atoms with Gasteiger partial charge in [-0.05, 0) is 67.8 Å². The van der Waals surface area contributed by atoms with E-state index in [0.717, 1.165) is 59.9 Å². The highest BCUT2D eigenvalue weighted by Crippen LogP contribution is 2.63. The Kier molecular flexibility index (Phi) is 6.05. The minimum Gasteiger partial charge on any atom is -0.274 e. The van der Waals surface area contributed by atoms with Crippen LogP contribution < -0.4 is 9.05 Å². The second-order valence-electron chi connectivity index (χ2n) is 9.96. The standard InChI is InChI=1S/C28H29Cl2N3OS2/c1-4-12-32-27(34)28(32)11-5-6-13-33(28)22-17-20(30)8-10-24(22)36-26(33)15-18(2)14-25-31(3)21-16-19(29)7-9-23(21)35-25/h7-10,14-17H,4-6,11-13H2,1-3H3/q+2. The number of halogens is 2. The molecule has 186 valence electrons. The highest BCUT2D eigenvalue weighted by atomic mass is 35.5. The smallest absolute Gasteiger partial charge is 0.274 e. The molecule has 2 unspecified atom stereocenters. The predicted molar refractivity (Wildman–Crippen MR) is 152 cm³/mol. The summed E-state index contributed by atoms with van der Waals surface area (Å²) in [5.41, 5.74) is 2.98. The van der Waals surface area contributed by atoms with Crippen molar-refractivity contribution in [3.05, 3.63) is 68.1 Å². The number of rotatable bonds is 4. The summed E-state index contributed by atoms with van der Waals surface area (Å²) in [7, 11) is 2.09. The van der Waals surface area contributed by atoms with Crippen LogP contribution in [-0.2, 0) is 11.8 Å². The largest absolute Gasteiger partial charge is 0.312 e. The number of aromatic nitrogens is 1. The number of benzene rings is 2.